The van der Waals surface area contributed by atoms with Crippen LogP contribution in [0.25, 0.3) is 0 Å². The zero-order chi connectivity index (χ0) is 14.8. The second kappa shape index (κ2) is 6.90. The molecule has 20 heavy (non-hydrogen) atoms. The summed E-state index contributed by atoms with van der Waals surface area (Å²) in [4.78, 5) is 0.303. The molecule has 1 N–H and O–H groups in total. The first-order valence-corrected chi connectivity index (χ1v) is 9.94. The molecule has 3 nitrogen and oxygen atoms in total. The standard InChI is InChI=1S/C14H19Br2NO2S/c1-10-5-3-2-4-6-13(10)17-20(18,19)14-8-7-11(15)9-12(14)16/h7-10,13,17H,2-6H2,1H3. The molecule has 0 aliphatic heterocycles. The summed E-state index contributed by atoms with van der Waals surface area (Å²) in [5.41, 5.74) is 0. The van der Waals surface area contributed by atoms with Gasteiger partial charge in [0.15, 0.2) is 0 Å². The Morgan fingerprint density at radius 3 is 2.55 bits per heavy atom. The van der Waals surface area contributed by atoms with Crippen molar-refractivity contribution < 1.29 is 8.42 Å². The van der Waals surface area contributed by atoms with Gasteiger partial charge in [0.25, 0.3) is 0 Å². The molecule has 1 aromatic carbocycles. The van der Waals surface area contributed by atoms with E-state index >= 15 is 0 Å². The van der Waals surface area contributed by atoms with Crippen molar-refractivity contribution >= 4 is 41.9 Å². The minimum Gasteiger partial charge on any atom is -0.208 e. The second-order valence-electron chi connectivity index (χ2n) is 5.42. The summed E-state index contributed by atoms with van der Waals surface area (Å²) < 4.78 is 29.4. The summed E-state index contributed by atoms with van der Waals surface area (Å²) in [6, 6.07) is 5.16. The summed E-state index contributed by atoms with van der Waals surface area (Å²) >= 11 is 6.67. The molecule has 0 saturated heterocycles. The fourth-order valence-corrected chi connectivity index (χ4v) is 5.75. The fourth-order valence-electron chi connectivity index (χ4n) is 2.62. The lowest BCUT2D eigenvalue weighted by Crippen LogP contribution is -2.38. The third kappa shape index (κ3) is 4.06. The van der Waals surface area contributed by atoms with Gasteiger partial charge in [-0.15, -0.1) is 0 Å². The number of rotatable bonds is 3. The van der Waals surface area contributed by atoms with E-state index in [4.69, 9.17) is 0 Å². The first kappa shape index (κ1) is 16.5. The van der Waals surface area contributed by atoms with Crippen LogP contribution in [0.1, 0.15) is 39.0 Å². The van der Waals surface area contributed by atoms with Crippen LogP contribution in [0.15, 0.2) is 32.0 Å². The molecule has 0 amide bonds. The van der Waals surface area contributed by atoms with Gasteiger partial charge in [0, 0.05) is 15.0 Å². The van der Waals surface area contributed by atoms with E-state index in [0.29, 0.717) is 15.3 Å². The molecule has 2 unspecified atom stereocenters. The maximum Gasteiger partial charge on any atom is 0.241 e. The summed E-state index contributed by atoms with van der Waals surface area (Å²) in [5, 5.41) is 0. The SMILES string of the molecule is CC1CCCCCC1NS(=O)(=O)c1ccc(Br)cc1Br. The highest BCUT2D eigenvalue weighted by molar-refractivity contribution is 9.11. The van der Waals surface area contributed by atoms with Crippen molar-refractivity contribution in [2.24, 2.45) is 5.92 Å². The van der Waals surface area contributed by atoms with Crippen LogP contribution < -0.4 is 4.72 Å². The van der Waals surface area contributed by atoms with Crippen molar-refractivity contribution in [1.82, 2.24) is 4.72 Å². The van der Waals surface area contributed by atoms with Gasteiger partial charge in [-0.25, -0.2) is 13.1 Å². The lowest BCUT2D eigenvalue weighted by atomic mass is 9.98. The molecule has 0 aromatic heterocycles. The van der Waals surface area contributed by atoms with Gasteiger partial charge in [-0.3, -0.25) is 0 Å². The molecule has 2 atom stereocenters. The smallest absolute Gasteiger partial charge is 0.208 e. The highest BCUT2D eigenvalue weighted by atomic mass is 79.9. The Kier molecular flexibility index (Phi) is 5.68. The lowest BCUT2D eigenvalue weighted by molar-refractivity contribution is 0.399. The molecule has 0 radical (unpaired) electrons. The van der Waals surface area contributed by atoms with E-state index in [0.717, 1.165) is 23.7 Å². The number of hydrogen-bond acceptors (Lipinski definition) is 2. The zero-order valence-electron chi connectivity index (χ0n) is 11.4. The second-order valence-corrected chi connectivity index (χ2v) is 8.87. The van der Waals surface area contributed by atoms with Gasteiger partial charge < -0.3 is 0 Å². The van der Waals surface area contributed by atoms with Crippen LogP contribution in [-0.2, 0) is 10.0 Å². The van der Waals surface area contributed by atoms with E-state index < -0.39 is 10.0 Å². The minimum atomic E-state index is -3.47. The molecule has 0 heterocycles. The molecule has 0 bridgehead atoms. The van der Waals surface area contributed by atoms with Gasteiger partial charge in [0.2, 0.25) is 10.0 Å². The van der Waals surface area contributed by atoms with Crippen LogP contribution in [0.3, 0.4) is 0 Å². The predicted molar refractivity (Wildman–Crippen MR) is 88.2 cm³/mol. The summed E-state index contributed by atoms with van der Waals surface area (Å²) in [6.45, 7) is 2.13. The molecule has 1 aliphatic carbocycles. The Morgan fingerprint density at radius 2 is 1.85 bits per heavy atom. The van der Waals surface area contributed by atoms with Gasteiger partial charge in [0.1, 0.15) is 0 Å². The van der Waals surface area contributed by atoms with E-state index in [2.05, 4.69) is 43.5 Å². The van der Waals surface area contributed by atoms with Crippen molar-refractivity contribution in [3.8, 4) is 0 Å². The van der Waals surface area contributed by atoms with Crippen LogP contribution in [0, 0.1) is 5.92 Å². The van der Waals surface area contributed by atoms with Crippen LogP contribution in [0.5, 0.6) is 0 Å². The first-order valence-electron chi connectivity index (χ1n) is 6.87. The highest BCUT2D eigenvalue weighted by Gasteiger charge is 2.26. The van der Waals surface area contributed by atoms with Crippen molar-refractivity contribution in [3.63, 3.8) is 0 Å². The molecule has 1 saturated carbocycles. The van der Waals surface area contributed by atoms with Gasteiger partial charge in [-0.05, 0) is 52.9 Å². The molecule has 1 aliphatic rings. The average Bonchev–Trinajstić information content (AvgIpc) is 2.54. The van der Waals surface area contributed by atoms with Crippen LogP contribution in [0.2, 0.25) is 0 Å². The highest BCUT2D eigenvalue weighted by Crippen LogP contribution is 2.28. The Morgan fingerprint density at radius 1 is 1.15 bits per heavy atom. The normalized spacial score (nSPS) is 24.4. The van der Waals surface area contributed by atoms with E-state index in [1.807, 2.05) is 0 Å². The van der Waals surface area contributed by atoms with E-state index in [-0.39, 0.29) is 6.04 Å². The Labute approximate surface area is 137 Å². The number of hydrogen-bond donors (Lipinski definition) is 1. The van der Waals surface area contributed by atoms with Crippen LogP contribution in [-0.4, -0.2) is 14.5 Å². The zero-order valence-corrected chi connectivity index (χ0v) is 15.4. The van der Waals surface area contributed by atoms with E-state index in [1.165, 1.54) is 12.8 Å². The van der Waals surface area contributed by atoms with Crippen molar-refractivity contribution in [3.05, 3.63) is 27.1 Å². The van der Waals surface area contributed by atoms with Gasteiger partial charge in [0.05, 0.1) is 4.90 Å². The molecular weight excluding hydrogens is 406 g/mol. The minimum absolute atomic E-state index is 0.0399. The summed E-state index contributed by atoms with van der Waals surface area (Å²) in [5.74, 6) is 0.390. The number of nitrogens with one attached hydrogen (secondary N) is 1. The largest absolute Gasteiger partial charge is 0.241 e. The third-order valence-electron chi connectivity index (χ3n) is 3.85. The van der Waals surface area contributed by atoms with Crippen LogP contribution in [0.4, 0.5) is 0 Å². The topological polar surface area (TPSA) is 46.2 Å². The number of halogens is 2. The molecule has 1 fully saturated rings. The van der Waals surface area contributed by atoms with Crippen molar-refractivity contribution in [2.75, 3.05) is 0 Å². The van der Waals surface area contributed by atoms with Crippen LogP contribution >= 0.6 is 31.9 Å². The molecule has 112 valence electrons. The Hall–Kier alpha value is 0.0900. The average molecular weight is 425 g/mol. The summed E-state index contributed by atoms with van der Waals surface area (Å²) in [6.07, 6.45) is 5.51. The maximum atomic E-state index is 12.5. The molecule has 0 spiro atoms. The lowest BCUT2D eigenvalue weighted by Gasteiger charge is -2.23. The predicted octanol–water partition coefficient (Wildman–Crippen LogP) is 4.46. The number of sulfonamides is 1. The first-order chi connectivity index (χ1) is 9.40. The fraction of sp³-hybridized carbons (Fsp3) is 0.571. The maximum absolute atomic E-state index is 12.5. The quantitative estimate of drug-likeness (QED) is 0.728. The Balaban J connectivity index is 2.21. The van der Waals surface area contributed by atoms with E-state index in [1.54, 1.807) is 18.2 Å². The van der Waals surface area contributed by atoms with Gasteiger partial charge >= 0.3 is 0 Å². The van der Waals surface area contributed by atoms with Crippen molar-refractivity contribution in [2.45, 2.75) is 50.0 Å². The van der Waals surface area contributed by atoms with Gasteiger partial charge in [-0.2, -0.15) is 0 Å². The summed E-state index contributed by atoms with van der Waals surface area (Å²) in [7, 11) is -3.47. The van der Waals surface area contributed by atoms with Gasteiger partial charge in [-0.1, -0.05) is 42.1 Å². The van der Waals surface area contributed by atoms with E-state index in [9.17, 15) is 8.42 Å². The Bertz CT molecular complexity index is 575. The molecular formula is C14H19Br2NO2S. The molecule has 2 rings (SSSR count). The number of benzene rings is 1. The third-order valence-corrected chi connectivity index (χ3v) is 6.81. The monoisotopic (exact) mass is 423 g/mol. The molecule has 1 aromatic rings. The molecule has 6 heteroatoms. The van der Waals surface area contributed by atoms with Crippen molar-refractivity contribution in [1.29, 1.82) is 0 Å².